The summed E-state index contributed by atoms with van der Waals surface area (Å²) in [5.74, 6) is 0.555. The first kappa shape index (κ1) is 14.8. The molecule has 20 heavy (non-hydrogen) atoms. The van der Waals surface area contributed by atoms with Gasteiger partial charge in [-0.3, -0.25) is 10.00 Å². The van der Waals surface area contributed by atoms with Gasteiger partial charge < -0.3 is 14.4 Å². The summed E-state index contributed by atoms with van der Waals surface area (Å²) in [4.78, 5) is 13.6. The van der Waals surface area contributed by atoms with Gasteiger partial charge in [-0.05, 0) is 13.8 Å². The lowest BCUT2D eigenvalue weighted by atomic mass is 10.2. The summed E-state index contributed by atoms with van der Waals surface area (Å²) in [6.07, 6.45) is 2.16. The molecule has 1 aliphatic heterocycles. The van der Waals surface area contributed by atoms with E-state index in [4.69, 9.17) is 9.47 Å². The van der Waals surface area contributed by atoms with Gasteiger partial charge in [0, 0.05) is 19.4 Å². The SMILES string of the molecule is COCCn1ccc(NC(=O)N2CC(OC(C)C)C2)n1. The van der Waals surface area contributed by atoms with Gasteiger partial charge in [0.2, 0.25) is 0 Å². The fraction of sp³-hybridized carbons (Fsp3) is 0.692. The maximum absolute atomic E-state index is 11.9. The quantitative estimate of drug-likeness (QED) is 0.850. The number of ether oxygens (including phenoxy) is 2. The standard InChI is InChI=1S/C13H22N4O3/c1-10(2)20-11-8-16(9-11)13(18)14-12-4-5-17(15-12)6-7-19-3/h4-5,10-11H,6-9H2,1-3H3,(H,14,15,18). The molecule has 1 N–H and O–H groups in total. The molecular formula is C13H22N4O3. The summed E-state index contributed by atoms with van der Waals surface area (Å²) in [7, 11) is 1.64. The van der Waals surface area contributed by atoms with Gasteiger partial charge >= 0.3 is 6.03 Å². The van der Waals surface area contributed by atoms with Crippen molar-refractivity contribution in [2.45, 2.75) is 32.6 Å². The number of hydrogen-bond donors (Lipinski definition) is 1. The van der Waals surface area contributed by atoms with Crippen LogP contribution in [0.25, 0.3) is 0 Å². The highest BCUT2D eigenvalue weighted by molar-refractivity contribution is 5.88. The van der Waals surface area contributed by atoms with Crippen LogP contribution < -0.4 is 5.32 Å². The van der Waals surface area contributed by atoms with Crippen molar-refractivity contribution in [2.75, 3.05) is 32.1 Å². The number of aromatic nitrogens is 2. The zero-order chi connectivity index (χ0) is 14.5. The lowest BCUT2D eigenvalue weighted by Gasteiger charge is -2.39. The van der Waals surface area contributed by atoms with Gasteiger partial charge in [-0.25, -0.2) is 4.79 Å². The van der Waals surface area contributed by atoms with Gasteiger partial charge in [-0.15, -0.1) is 0 Å². The van der Waals surface area contributed by atoms with Crippen molar-refractivity contribution in [3.63, 3.8) is 0 Å². The molecule has 2 rings (SSSR count). The monoisotopic (exact) mass is 282 g/mol. The summed E-state index contributed by atoms with van der Waals surface area (Å²) >= 11 is 0. The first-order chi connectivity index (χ1) is 9.58. The van der Waals surface area contributed by atoms with Crippen molar-refractivity contribution >= 4 is 11.8 Å². The molecule has 112 valence electrons. The van der Waals surface area contributed by atoms with Gasteiger partial charge in [0.15, 0.2) is 5.82 Å². The fourth-order valence-corrected chi connectivity index (χ4v) is 2.00. The summed E-state index contributed by atoms with van der Waals surface area (Å²) in [5.41, 5.74) is 0. The van der Waals surface area contributed by atoms with Crippen LogP contribution in [-0.2, 0) is 16.0 Å². The van der Waals surface area contributed by atoms with Crippen LogP contribution in [0.4, 0.5) is 10.6 Å². The van der Waals surface area contributed by atoms with Gasteiger partial charge in [0.05, 0.1) is 38.4 Å². The molecule has 0 aromatic carbocycles. The number of anilines is 1. The van der Waals surface area contributed by atoms with E-state index in [1.807, 2.05) is 20.0 Å². The van der Waals surface area contributed by atoms with Gasteiger partial charge in [0.25, 0.3) is 0 Å². The highest BCUT2D eigenvalue weighted by Gasteiger charge is 2.32. The third kappa shape index (κ3) is 3.94. The van der Waals surface area contributed by atoms with Crippen LogP contribution in [-0.4, -0.2) is 59.7 Å². The Bertz CT molecular complexity index is 441. The number of carbonyl (C=O) groups excluding carboxylic acids is 1. The van der Waals surface area contributed by atoms with Crippen LogP contribution in [0.2, 0.25) is 0 Å². The van der Waals surface area contributed by atoms with Gasteiger partial charge in [-0.1, -0.05) is 0 Å². The largest absolute Gasteiger partial charge is 0.383 e. The molecule has 7 nitrogen and oxygen atoms in total. The van der Waals surface area contributed by atoms with Gasteiger partial charge in [0.1, 0.15) is 0 Å². The minimum Gasteiger partial charge on any atom is -0.383 e. The summed E-state index contributed by atoms with van der Waals surface area (Å²) in [6, 6.07) is 1.64. The summed E-state index contributed by atoms with van der Waals surface area (Å²) in [6.45, 7) is 6.52. The Hall–Kier alpha value is -1.60. The van der Waals surface area contributed by atoms with E-state index in [1.165, 1.54) is 0 Å². The number of hydrogen-bond acceptors (Lipinski definition) is 4. The normalized spacial score (nSPS) is 15.5. The topological polar surface area (TPSA) is 68.6 Å². The first-order valence-electron chi connectivity index (χ1n) is 6.82. The molecule has 1 saturated heterocycles. The number of urea groups is 1. The smallest absolute Gasteiger partial charge is 0.323 e. The van der Waals surface area contributed by atoms with E-state index in [2.05, 4.69) is 10.4 Å². The highest BCUT2D eigenvalue weighted by atomic mass is 16.5. The van der Waals surface area contributed by atoms with Crippen LogP contribution in [0.5, 0.6) is 0 Å². The predicted octanol–water partition coefficient (Wildman–Crippen LogP) is 1.17. The third-order valence-electron chi connectivity index (χ3n) is 3.00. The Balaban J connectivity index is 1.74. The minimum absolute atomic E-state index is 0.134. The molecule has 1 fully saturated rings. The van der Waals surface area contributed by atoms with Crippen LogP contribution in [0.15, 0.2) is 12.3 Å². The minimum atomic E-state index is -0.134. The van der Waals surface area contributed by atoms with Crippen molar-refractivity contribution in [1.29, 1.82) is 0 Å². The van der Waals surface area contributed by atoms with Crippen molar-refractivity contribution in [3.8, 4) is 0 Å². The van der Waals surface area contributed by atoms with E-state index in [1.54, 1.807) is 22.8 Å². The molecule has 0 spiro atoms. The number of carbonyl (C=O) groups is 1. The van der Waals surface area contributed by atoms with Crippen LogP contribution >= 0.6 is 0 Å². The van der Waals surface area contributed by atoms with E-state index >= 15 is 0 Å². The molecule has 0 unspecified atom stereocenters. The Morgan fingerprint density at radius 3 is 2.95 bits per heavy atom. The number of methoxy groups -OCH3 is 1. The average Bonchev–Trinajstić information content (AvgIpc) is 2.77. The first-order valence-corrected chi connectivity index (χ1v) is 6.82. The van der Waals surface area contributed by atoms with E-state index in [0.717, 1.165) is 0 Å². The van der Waals surface area contributed by atoms with Crippen molar-refractivity contribution in [2.24, 2.45) is 0 Å². The van der Waals surface area contributed by atoms with Gasteiger partial charge in [-0.2, -0.15) is 5.10 Å². The van der Waals surface area contributed by atoms with E-state index < -0.39 is 0 Å². The van der Waals surface area contributed by atoms with Crippen LogP contribution in [0, 0.1) is 0 Å². The van der Waals surface area contributed by atoms with Crippen LogP contribution in [0.3, 0.4) is 0 Å². The molecule has 1 aliphatic rings. The maximum atomic E-state index is 11.9. The number of rotatable bonds is 6. The Kier molecular flexibility index (Phi) is 4.97. The van der Waals surface area contributed by atoms with E-state index in [0.29, 0.717) is 32.1 Å². The second kappa shape index (κ2) is 6.71. The lowest BCUT2D eigenvalue weighted by Crippen LogP contribution is -2.56. The van der Waals surface area contributed by atoms with E-state index in [-0.39, 0.29) is 18.2 Å². The number of likely N-dealkylation sites (tertiary alicyclic amines) is 1. The average molecular weight is 282 g/mol. The number of amides is 2. The molecule has 2 heterocycles. The maximum Gasteiger partial charge on any atom is 0.323 e. The zero-order valence-electron chi connectivity index (χ0n) is 12.2. The third-order valence-corrected chi connectivity index (χ3v) is 3.00. The Morgan fingerprint density at radius 1 is 1.55 bits per heavy atom. The summed E-state index contributed by atoms with van der Waals surface area (Å²) < 4.78 is 12.3. The highest BCUT2D eigenvalue weighted by Crippen LogP contribution is 2.15. The molecule has 1 aromatic rings. The Labute approximate surface area is 118 Å². The zero-order valence-corrected chi connectivity index (χ0v) is 12.2. The second-order valence-corrected chi connectivity index (χ2v) is 5.10. The molecule has 0 radical (unpaired) electrons. The molecule has 0 atom stereocenters. The van der Waals surface area contributed by atoms with E-state index in [9.17, 15) is 4.79 Å². The lowest BCUT2D eigenvalue weighted by molar-refractivity contribution is -0.0624. The van der Waals surface area contributed by atoms with Crippen LogP contribution in [0.1, 0.15) is 13.8 Å². The number of nitrogens with one attached hydrogen (secondary N) is 1. The molecule has 0 saturated carbocycles. The van der Waals surface area contributed by atoms with Crippen molar-refractivity contribution < 1.29 is 14.3 Å². The predicted molar refractivity (Wildman–Crippen MR) is 74.7 cm³/mol. The fourth-order valence-electron chi connectivity index (χ4n) is 2.00. The molecule has 1 aromatic heterocycles. The van der Waals surface area contributed by atoms with Crippen molar-refractivity contribution in [1.82, 2.24) is 14.7 Å². The van der Waals surface area contributed by atoms with Crippen molar-refractivity contribution in [3.05, 3.63) is 12.3 Å². The number of nitrogens with zero attached hydrogens (tertiary/aromatic N) is 3. The molecular weight excluding hydrogens is 260 g/mol. The summed E-state index contributed by atoms with van der Waals surface area (Å²) in [5, 5.41) is 7.02. The molecule has 0 bridgehead atoms. The molecule has 0 aliphatic carbocycles. The molecule has 2 amide bonds. The molecule has 7 heteroatoms. The Morgan fingerprint density at radius 2 is 2.30 bits per heavy atom. The second-order valence-electron chi connectivity index (χ2n) is 5.10.